The molecule has 2 rings (SSSR count). The first-order valence-corrected chi connectivity index (χ1v) is 6.19. The van der Waals surface area contributed by atoms with Crippen molar-refractivity contribution in [1.29, 1.82) is 0 Å². The molecule has 2 heterocycles. The summed E-state index contributed by atoms with van der Waals surface area (Å²) in [6.07, 6.45) is -1.38. The third-order valence-electron chi connectivity index (χ3n) is 3.20. The van der Waals surface area contributed by atoms with E-state index in [1.807, 2.05) is 0 Å². The molecule has 9 heteroatoms. The molecule has 0 unspecified atom stereocenters. The number of carbonyl (C=O) groups excluding carboxylic acids is 2. The highest BCUT2D eigenvalue weighted by Crippen LogP contribution is 2.06. The Bertz CT molecular complexity index is 305. The van der Waals surface area contributed by atoms with Crippen molar-refractivity contribution >= 4 is 12.2 Å². The smallest absolute Gasteiger partial charge is 0.359 e. The summed E-state index contributed by atoms with van der Waals surface area (Å²) in [5.41, 5.74) is 0. The molecule has 0 saturated carbocycles. The van der Waals surface area contributed by atoms with E-state index in [2.05, 4.69) is 0 Å². The van der Waals surface area contributed by atoms with E-state index < -0.39 is 12.2 Å². The number of hydroxylamine groups is 4. The molecule has 0 aromatic carbocycles. The van der Waals surface area contributed by atoms with Crippen LogP contribution in [-0.4, -0.2) is 94.9 Å². The molecule has 0 bridgehead atoms. The zero-order valence-corrected chi connectivity index (χ0v) is 10.6. The fourth-order valence-corrected chi connectivity index (χ4v) is 1.96. The molecule has 0 spiro atoms. The van der Waals surface area contributed by atoms with E-state index in [1.54, 1.807) is 0 Å². The highest BCUT2D eigenvalue weighted by molar-refractivity contribution is 5.83. The second kappa shape index (κ2) is 6.15. The highest BCUT2D eigenvalue weighted by Gasteiger charge is 2.27. The number of amides is 2. The minimum Gasteiger partial charge on any atom is -0.359 e. The summed E-state index contributed by atoms with van der Waals surface area (Å²) in [6.45, 7) is 2.66. The summed E-state index contributed by atoms with van der Waals surface area (Å²) in [5, 5.41) is 20.6. The SMILES string of the molecule is O=C(OC(=O)N1CCN(O)CC1)N1CCN(O)CC1. The molecule has 2 aliphatic rings. The highest BCUT2D eigenvalue weighted by atomic mass is 16.6. The molecule has 9 nitrogen and oxygen atoms in total. The van der Waals surface area contributed by atoms with Gasteiger partial charge in [0.05, 0.1) is 0 Å². The van der Waals surface area contributed by atoms with Crippen LogP contribution in [0, 0.1) is 0 Å². The molecule has 0 atom stereocenters. The summed E-state index contributed by atoms with van der Waals surface area (Å²) >= 11 is 0. The van der Waals surface area contributed by atoms with Crippen molar-refractivity contribution < 1.29 is 24.7 Å². The summed E-state index contributed by atoms with van der Waals surface area (Å²) < 4.78 is 4.77. The lowest BCUT2D eigenvalue weighted by molar-refractivity contribution is -0.116. The molecule has 19 heavy (non-hydrogen) atoms. The van der Waals surface area contributed by atoms with Gasteiger partial charge in [0.1, 0.15) is 0 Å². The maximum absolute atomic E-state index is 11.7. The molecule has 108 valence electrons. The third kappa shape index (κ3) is 3.77. The van der Waals surface area contributed by atoms with E-state index in [9.17, 15) is 20.0 Å². The monoisotopic (exact) mass is 274 g/mol. The van der Waals surface area contributed by atoms with Gasteiger partial charge in [-0.25, -0.2) is 9.59 Å². The molecule has 0 aromatic rings. The molecule has 2 fully saturated rings. The van der Waals surface area contributed by atoms with Crippen molar-refractivity contribution in [3.05, 3.63) is 0 Å². The molecule has 0 radical (unpaired) electrons. The third-order valence-corrected chi connectivity index (χ3v) is 3.20. The molecular formula is C10H18N4O5. The Labute approximate surface area is 110 Å². The van der Waals surface area contributed by atoms with Crippen LogP contribution in [0.25, 0.3) is 0 Å². The van der Waals surface area contributed by atoms with Crippen LogP contribution in [0.1, 0.15) is 0 Å². The van der Waals surface area contributed by atoms with Crippen molar-refractivity contribution in [3.63, 3.8) is 0 Å². The lowest BCUT2D eigenvalue weighted by Gasteiger charge is -2.32. The van der Waals surface area contributed by atoms with E-state index >= 15 is 0 Å². The predicted octanol–water partition coefficient (Wildman–Crippen LogP) is -0.743. The zero-order valence-electron chi connectivity index (χ0n) is 10.6. The Balaban J connectivity index is 1.77. The van der Waals surface area contributed by atoms with Crippen LogP contribution in [0.2, 0.25) is 0 Å². The van der Waals surface area contributed by atoms with Crippen LogP contribution in [-0.2, 0) is 4.74 Å². The van der Waals surface area contributed by atoms with Gasteiger partial charge in [0.15, 0.2) is 0 Å². The summed E-state index contributed by atoms with van der Waals surface area (Å²) in [6, 6.07) is 0. The Hall–Kier alpha value is -1.42. The molecule has 2 N–H and O–H groups in total. The van der Waals surface area contributed by atoms with Gasteiger partial charge in [0, 0.05) is 52.4 Å². The van der Waals surface area contributed by atoms with Gasteiger partial charge in [-0.3, -0.25) is 0 Å². The number of nitrogens with zero attached hydrogens (tertiary/aromatic N) is 4. The average molecular weight is 274 g/mol. The number of ether oxygens (including phenoxy) is 1. The van der Waals surface area contributed by atoms with Gasteiger partial charge in [-0.1, -0.05) is 0 Å². The number of hydrogen-bond acceptors (Lipinski definition) is 7. The molecular weight excluding hydrogens is 256 g/mol. The van der Waals surface area contributed by atoms with Crippen LogP contribution >= 0.6 is 0 Å². The van der Waals surface area contributed by atoms with Crippen molar-refractivity contribution in [2.45, 2.75) is 0 Å². The lowest BCUT2D eigenvalue weighted by Crippen LogP contribution is -2.51. The molecule has 2 saturated heterocycles. The number of hydrogen-bond donors (Lipinski definition) is 2. The van der Waals surface area contributed by atoms with Gasteiger partial charge >= 0.3 is 12.2 Å². The van der Waals surface area contributed by atoms with Gasteiger partial charge in [-0.2, -0.15) is 10.1 Å². The lowest BCUT2D eigenvalue weighted by atomic mass is 10.4. The summed E-state index contributed by atoms with van der Waals surface area (Å²) in [4.78, 5) is 26.2. The fraction of sp³-hybridized carbons (Fsp3) is 0.800. The largest absolute Gasteiger partial charge is 0.418 e. The van der Waals surface area contributed by atoms with Gasteiger partial charge < -0.3 is 25.0 Å². The number of rotatable bonds is 0. The average Bonchev–Trinajstić information content (AvgIpc) is 2.40. The second-order valence-electron chi connectivity index (χ2n) is 4.52. The summed E-state index contributed by atoms with van der Waals surface area (Å²) in [5.74, 6) is 0. The standard InChI is InChI=1S/C10H18N4O5/c15-9(11-1-5-13(17)6-2-11)19-10(16)12-3-7-14(18)8-4-12/h17-18H,1-8H2. The van der Waals surface area contributed by atoms with E-state index in [1.165, 1.54) is 9.80 Å². The summed E-state index contributed by atoms with van der Waals surface area (Å²) in [7, 11) is 0. The minimum atomic E-state index is -0.690. The van der Waals surface area contributed by atoms with Crippen LogP contribution in [0.3, 0.4) is 0 Å². The molecule has 2 amide bonds. The van der Waals surface area contributed by atoms with E-state index in [0.717, 1.165) is 10.1 Å². The maximum atomic E-state index is 11.7. The van der Waals surface area contributed by atoms with Gasteiger partial charge in [-0.05, 0) is 0 Å². The van der Waals surface area contributed by atoms with Crippen LogP contribution in [0.5, 0.6) is 0 Å². The fourth-order valence-electron chi connectivity index (χ4n) is 1.96. The zero-order chi connectivity index (χ0) is 13.8. The Morgan fingerprint density at radius 2 is 1.00 bits per heavy atom. The first-order chi connectivity index (χ1) is 9.06. The van der Waals surface area contributed by atoms with E-state index in [0.29, 0.717) is 52.4 Å². The van der Waals surface area contributed by atoms with Crippen LogP contribution in [0.4, 0.5) is 9.59 Å². The van der Waals surface area contributed by atoms with Crippen molar-refractivity contribution in [1.82, 2.24) is 19.9 Å². The van der Waals surface area contributed by atoms with Crippen LogP contribution in [0.15, 0.2) is 0 Å². The van der Waals surface area contributed by atoms with Crippen LogP contribution < -0.4 is 0 Å². The predicted molar refractivity (Wildman–Crippen MR) is 61.7 cm³/mol. The Kier molecular flexibility index (Phi) is 4.53. The molecule has 0 aromatic heterocycles. The van der Waals surface area contributed by atoms with E-state index in [4.69, 9.17) is 4.74 Å². The second-order valence-corrected chi connectivity index (χ2v) is 4.52. The van der Waals surface area contributed by atoms with Crippen molar-refractivity contribution in [3.8, 4) is 0 Å². The van der Waals surface area contributed by atoms with Gasteiger partial charge in [-0.15, -0.1) is 0 Å². The van der Waals surface area contributed by atoms with Gasteiger partial charge in [0.25, 0.3) is 0 Å². The van der Waals surface area contributed by atoms with Crippen molar-refractivity contribution in [2.24, 2.45) is 0 Å². The number of piperazine rings is 2. The normalized spacial score (nSPS) is 22.4. The number of carbonyl (C=O) groups is 2. The maximum Gasteiger partial charge on any atom is 0.418 e. The van der Waals surface area contributed by atoms with E-state index in [-0.39, 0.29) is 0 Å². The quantitative estimate of drug-likeness (QED) is 0.561. The minimum absolute atomic E-state index is 0.326. The Morgan fingerprint density at radius 3 is 1.32 bits per heavy atom. The molecule has 2 aliphatic heterocycles. The topological polar surface area (TPSA) is 96.8 Å². The molecule has 0 aliphatic carbocycles. The first kappa shape index (κ1) is 14.0. The Morgan fingerprint density at radius 1 is 0.684 bits per heavy atom. The first-order valence-electron chi connectivity index (χ1n) is 6.19. The van der Waals surface area contributed by atoms with Gasteiger partial charge in [0.2, 0.25) is 0 Å². The van der Waals surface area contributed by atoms with Crippen molar-refractivity contribution in [2.75, 3.05) is 52.4 Å².